The highest BCUT2D eigenvalue weighted by atomic mass is 16.2. The molecule has 1 aliphatic carbocycles. The highest BCUT2D eigenvalue weighted by Crippen LogP contribution is 2.36. The van der Waals surface area contributed by atoms with E-state index in [1.807, 2.05) is 0 Å². The number of aromatic nitrogens is 1. The molecular formula is C22H26N2O. The molecule has 0 bridgehead atoms. The third-order valence-corrected chi connectivity index (χ3v) is 5.67. The van der Waals surface area contributed by atoms with Crippen molar-refractivity contribution in [2.75, 3.05) is 6.54 Å². The summed E-state index contributed by atoms with van der Waals surface area (Å²) in [5.74, 6) is 0.635. The summed E-state index contributed by atoms with van der Waals surface area (Å²) in [6.45, 7) is 3.00. The SMILES string of the molecule is Cc1ccc(Cc2cccc(C3CCCN3C(=O)C3CCC3)n2)cc1. The van der Waals surface area contributed by atoms with Crippen molar-refractivity contribution in [2.45, 2.75) is 51.5 Å². The molecule has 4 rings (SSSR count). The van der Waals surface area contributed by atoms with Gasteiger partial charge in [-0.15, -0.1) is 0 Å². The van der Waals surface area contributed by atoms with Crippen LogP contribution in [-0.2, 0) is 11.2 Å². The molecule has 3 nitrogen and oxygen atoms in total. The fourth-order valence-corrected chi connectivity index (χ4v) is 3.92. The van der Waals surface area contributed by atoms with Gasteiger partial charge in [0.05, 0.1) is 11.7 Å². The van der Waals surface area contributed by atoms with Gasteiger partial charge in [0, 0.05) is 24.6 Å². The van der Waals surface area contributed by atoms with Crippen LogP contribution in [0.15, 0.2) is 42.5 Å². The number of hydrogen-bond donors (Lipinski definition) is 0. The van der Waals surface area contributed by atoms with Gasteiger partial charge >= 0.3 is 0 Å². The molecule has 1 aromatic heterocycles. The van der Waals surface area contributed by atoms with Crippen molar-refractivity contribution in [1.82, 2.24) is 9.88 Å². The van der Waals surface area contributed by atoms with Crippen molar-refractivity contribution in [3.8, 4) is 0 Å². The van der Waals surface area contributed by atoms with Gasteiger partial charge in [-0.1, -0.05) is 42.3 Å². The molecule has 1 aliphatic heterocycles. The molecule has 0 radical (unpaired) electrons. The first-order chi connectivity index (χ1) is 12.2. The minimum absolute atomic E-state index is 0.172. The number of carbonyl (C=O) groups is 1. The molecule has 130 valence electrons. The molecule has 2 aliphatic rings. The lowest BCUT2D eigenvalue weighted by Crippen LogP contribution is -2.38. The molecule has 3 heteroatoms. The van der Waals surface area contributed by atoms with E-state index < -0.39 is 0 Å². The zero-order chi connectivity index (χ0) is 17.2. The summed E-state index contributed by atoms with van der Waals surface area (Å²) in [4.78, 5) is 19.7. The summed E-state index contributed by atoms with van der Waals surface area (Å²) in [5, 5.41) is 0. The van der Waals surface area contributed by atoms with Crippen molar-refractivity contribution in [3.63, 3.8) is 0 Å². The van der Waals surface area contributed by atoms with Crippen LogP contribution >= 0.6 is 0 Å². The summed E-state index contributed by atoms with van der Waals surface area (Å²) in [6, 6.07) is 15.1. The van der Waals surface area contributed by atoms with Gasteiger partial charge in [0.15, 0.2) is 0 Å². The summed E-state index contributed by atoms with van der Waals surface area (Å²) < 4.78 is 0. The van der Waals surface area contributed by atoms with Gasteiger partial charge < -0.3 is 4.90 Å². The second-order valence-electron chi connectivity index (χ2n) is 7.53. The minimum atomic E-state index is 0.172. The minimum Gasteiger partial charge on any atom is -0.334 e. The number of carbonyl (C=O) groups excluding carboxylic acids is 1. The van der Waals surface area contributed by atoms with E-state index in [4.69, 9.17) is 4.98 Å². The van der Waals surface area contributed by atoms with E-state index in [-0.39, 0.29) is 12.0 Å². The normalized spacial score (nSPS) is 20.5. The van der Waals surface area contributed by atoms with Crippen LogP contribution in [0.25, 0.3) is 0 Å². The van der Waals surface area contributed by atoms with E-state index >= 15 is 0 Å². The number of hydrogen-bond acceptors (Lipinski definition) is 2. The maximum atomic E-state index is 12.7. The van der Waals surface area contributed by atoms with Gasteiger partial charge in [-0.25, -0.2) is 0 Å². The molecule has 1 amide bonds. The van der Waals surface area contributed by atoms with Crippen molar-refractivity contribution in [3.05, 3.63) is 65.0 Å². The molecule has 0 spiro atoms. The van der Waals surface area contributed by atoms with Crippen molar-refractivity contribution in [2.24, 2.45) is 5.92 Å². The molecule has 1 atom stereocenters. The lowest BCUT2D eigenvalue weighted by molar-refractivity contribution is -0.139. The zero-order valence-corrected chi connectivity index (χ0v) is 14.9. The number of aryl methyl sites for hydroxylation is 1. The van der Waals surface area contributed by atoms with Gasteiger partial charge in [-0.2, -0.15) is 0 Å². The number of rotatable bonds is 4. The molecule has 2 fully saturated rings. The molecule has 1 saturated heterocycles. The van der Waals surface area contributed by atoms with Crippen LogP contribution in [0.3, 0.4) is 0 Å². The van der Waals surface area contributed by atoms with Crippen LogP contribution in [0.2, 0.25) is 0 Å². The first kappa shape index (κ1) is 16.3. The van der Waals surface area contributed by atoms with E-state index in [1.54, 1.807) is 0 Å². The molecule has 25 heavy (non-hydrogen) atoms. The van der Waals surface area contributed by atoms with Gasteiger partial charge in [0.2, 0.25) is 5.91 Å². The highest BCUT2D eigenvalue weighted by Gasteiger charge is 2.36. The molecule has 1 saturated carbocycles. The predicted molar refractivity (Wildman–Crippen MR) is 99.3 cm³/mol. The van der Waals surface area contributed by atoms with Crippen LogP contribution in [0, 0.1) is 12.8 Å². The topological polar surface area (TPSA) is 33.2 Å². The third-order valence-electron chi connectivity index (χ3n) is 5.67. The summed E-state index contributed by atoms with van der Waals surface area (Å²) in [5.41, 5.74) is 4.71. The average molecular weight is 334 g/mol. The van der Waals surface area contributed by atoms with E-state index in [2.05, 4.69) is 54.3 Å². The van der Waals surface area contributed by atoms with Crippen LogP contribution in [0.5, 0.6) is 0 Å². The van der Waals surface area contributed by atoms with Gasteiger partial charge in [-0.3, -0.25) is 9.78 Å². The lowest BCUT2D eigenvalue weighted by atomic mass is 9.84. The van der Waals surface area contributed by atoms with E-state index in [9.17, 15) is 4.79 Å². The second kappa shape index (κ2) is 6.99. The maximum absolute atomic E-state index is 12.7. The summed E-state index contributed by atoms with van der Waals surface area (Å²) in [6.07, 6.45) is 6.33. The number of benzene rings is 1. The van der Waals surface area contributed by atoms with Gasteiger partial charge in [0.25, 0.3) is 0 Å². The van der Waals surface area contributed by atoms with Crippen LogP contribution in [0.4, 0.5) is 0 Å². The molecular weight excluding hydrogens is 308 g/mol. The largest absolute Gasteiger partial charge is 0.334 e. The average Bonchev–Trinajstić information content (AvgIpc) is 3.05. The number of amides is 1. The van der Waals surface area contributed by atoms with Crippen LogP contribution in [0.1, 0.15) is 60.7 Å². The summed E-state index contributed by atoms with van der Waals surface area (Å²) >= 11 is 0. The number of pyridine rings is 1. The number of nitrogens with zero attached hydrogens (tertiary/aromatic N) is 2. The predicted octanol–water partition coefficient (Wildman–Crippen LogP) is 4.44. The smallest absolute Gasteiger partial charge is 0.226 e. The van der Waals surface area contributed by atoms with E-state index in [1.165, 1.54) is 17.5 Å². The Morgan fingerprint density at radius 1 is 1.08 bits per heavy atom. The molecule has 2 heterocycles. The van der Waals surface area contributed by atoms with Crippen LogP contribution in [-0.4, -0.2) is 22.3 Å². The first-order valence-corrected chi connectivity index (χ1v) is 9.52. The van der Waals surface area contributed by atoms with E-state index in [0.29, 0.717) is 5.91 Å². The highest BCUT2D eigenvalue weighted by molar-refractivity contribution is 5.80. The first-order valence-electron chi connectivity index (χ1n) is 9.52. The summed E-state index contributed by atoms with van der Waals surface area (Å²) in [7, 11) is 0. The Hall–Kier alpha value is -2.16. The molecule has 1 unspecified atom stereocenters. The van der Waals surface area contributed by atoms with Crippen molar-refractivity contribution < 1.29 is 4.79 Å². The Balaban J connectivity index is 1.51. The van der Waals surface area contributed by atoms with Gasteiger partial charge in [0.1, 0.15) is 0 Å². The molecule has 1 aromatic carbocycles. The van der Waals surface area contributed by atoms with E-state index in [0.717, 1.165) is 50.0 Å². The Labute approximate surface area is 150 Å². The monoisotopic (exact) mass is 334 g/mol. The molecule has 2 aromatic rings. The van der Waals surface area contributed by atoms with Crippen molar-refractivity contribution in [1.29, 1.82) is 0 Å². The Morgan fingerprint density at radius 3 is 2.60 bits per heavy atom. The lowest BCUT2D eigenvalue weighted by Gasteiger charge is -2.32. The molecule has 0 N–H and O–H groups in total. The fourth-order valence-electron chi connectivity index (χ4n) is 3.92. The third kappa shape index (κ3) is 3.46. The second-order valence-corrected chi connectivity index (χ2v) is 7.53. The number of likely N-dealkylation sites (tertiary alicyclic amines) is 1. The zero-order valence-electron chi connectivity index (χ0n) is 14.9. The fraction of sp³-hybridized carbons (Fsp3) is 0.455. The standard InChI is InChI=1S/C22H26N2O/c1-16-10-12-17(13-11-16)15-19-7-3-8-20(23-19)21-9-4-14-24(21)22(25)18-5-2-6-18/h3,7-8,10-13,18,21H,2,4-6,9,14-15H2,1H3. The van der Waals surface area contributed by atoms with Crippen LogP contribution < -0.4 is 0 Å². The Kier molecular flexibility index (Phi) is 4.56. The van der Waals surface area contributed by atoms with Gasteiger partial charge in [-0.05, 0) is 50.3 Å². The maximum Gasteiger partial charge on any atom is 0.226 e. The van der Waals surface area contributed by atoms with Crippen molar-refractivity contribution >= 4 is 5.91 Å². The quantitative estimate of drug-likeness (QED) is 0.828. The Morgan fingerprint density at radius 2 is 1.88 bits per heavy atom. The Bertz CT molecular complexity index is 749.